The van der Waals surface area contributed by atoms with Crippen molar-refractivity contribution < 1.29 is 4.74 Å². The molecule has 1 aliphatic rings. The molecule has 2 rings (SSSR count). The summed E-state index contributed by atoms with van der Waals surface area (Å²) in [5.74, 6) is 0. The molecule has 0 bridgehead atoms. The Labute approximate surface area is 122 Å². The van der Waals surface area contributed by atoms with Gasteiger partial charge in [-0.25, -0.2) is 0 Å². The maximum atomic E-state index is 9.13. The molecule has 1 aromatic carbocycles. The van der Waals surface area contributed by atoms with Crippen molar-refractivity contribution in [3.05, 3.63) is 28.2 Å². The lowest BCUT2D eigenvalue weighted by Crippen LogP contribution is -2.43. The Kier molecular flexibility index (Phi) is 5.20. The van der Waals surface area contributed by atoms with Gasteiger partial charge in [-0.3, -0.25) is 0 Å². The van der Waals surface area contributed by atoms with Crippen LogP contribution < -0.4 is 10.6 Å². The standard InChI is InChI=1S/C14H18BrN3O/c1-10(6-13-9-19-5-4-17-13)18-14-3-2-12(15)7-11(14)8-16/h2-3,7,10,13,17-18H,4-6,9H2,1H3. The topological polar surface area (TPSA) is 57.1 Å². The number of benzene rings is 1. The quantitative estimate of drug-likeness (QED) is 0.893. The van der Waals surface area contributed by atoms with E-state index in [0.29, 0.717) is 11.6 Å². The lowest BCUT2D eigenvalue weighted by molar-refractivity contribution is 0.0731. The number of nitriles is 1. The Bertz CT molecular complexity index is 466. The molecule has 0 aromatic heterocycles. The van der Waals surface area contributed by atoms with Crippen LogP contribution in [-0.4, -0.2) is 31.8 Å². The summed E-state index contributed by atoms with van der Waals surface area (Å²) in [6.45, 7) is 4.60. The van der Waals surface area contributed by atoms with Crippen molar-refractivity contribution in [2.45, 2.75) is 25.4 Å². The zero-order valence-electron chi connectivity index (χ0n) is 10.9. The Morgan fingerprint density at radius 3 is 3.16 bits per heavy atom. The number of morpholine rings is 1. The van der Waals surface area contributed by atoms with Crippen LogP contribution in [0.3, 0.4) is 0 Å². The molecule has 0 saturated carbocycles. The highest BCUT2D eigenvalue weighted by Gasteiger charge is 2.16. The number of rotatable bonds is 4. The highest BCUT2D eigenvalue weighted by atomic mass is 79.9. The zero-order chi connectivity index (χ0) is 13.7. The molecule has 1 heterocycles. The van der Waals surface area contributed by atoms with Gasteiger partial charge >= 0.3 is 0 Å². The Morgan fingerprint density at radius 2 is 2.47 bits per heavy atom. The predicted molar refractivity (Wildman–Crippen MR) is 79.2 cm³/mol. The molecule has 2 atom stereocenters. The van der Waals surface area contributed by atoms with Crippen LogP contribution in [0.25, 0.3) is 0 Å². The molecule has 0 amide bonds. The minimum Gasteiger partial charge on any atom is -0.381 e. The molecule has 0 aliphatic carbocycles. The van der Waals surface area contributed by atoms with Crippen molar-refractivity contribution in [3.63, 3.8) is 0 Å². The second-order valence-electron chi connectivity index (χ2n) is 4.81. The van der Waals surface area contributed by atoms with Crippen LogP contribution in [0.2, 0.25) is 0 Å². The Balaban J connectivity index is 1.94. The maximum Gasteiger partial charge on any atom is 0.101 e. The summed E-state index contributed by atoms with van der Waals surface area (Å²) >= 11 is 3.38. The number of hydrogen-bond acceptors (Lipinski definition) is 4. The number of nitrogens with zero attached hydrogens (tertiary/aromatic N) is 1. The molecule has 102 valence electrons. The van der Waals surface area contributed by atoms with E-state index in [1.165, 1.54) is 0 Å². The molecule has 4 nitrogen and oxygen atoms in total. The first-order chi connectivity index (χ1) is 9.19. The lowest BCUT2D eigenvalue weighted by Gasteiger charge is -2.27. The third kappa shape index (κ3) is 4.20. The summed E-state index contributed by atoms with van der Waals surface area (Å²) in [4.78, 5) is 0. The monoisotopic (exact) mass is 323 g/mol. The summed E-state index contributed by atoms with van der Waals surface area (Å²) in [5.41, 5.74) is 1.55. The molecule has 2 N–H and O–H groups in total. The van der Waals surface area contributed by atoms with Gasteiger partial charge in [-0.2, -0.15) is 5.26 Å². The average molecular weight is 324 g/mol. The fourth-order valence-corrected chi connectivity index (χ4v) is 2.62. The van der Waals surface area contributed by atoms with E-state index in [4.69, 9.17) is 10.00 Å². The number of hydrogen-bond donors (Lipinski definition) is 2. The number of nitrogens with one attached hydrogen (secondary N) is 2. The molecular weight excluding hydrogens is 306 g/mol. The number of anilines is 1. The first-order valence-electron chi connectivity index (χ1n) is 6.46. The zero-order valence-corrected chi connectivity index (χ0v) is 12.5. The van der Waals surface area contributed by atoms with Gasteiger partial charge in [0.2, 0.25) is 0 Å². The normalized spacial score (nSPS) is 20.6. The molecule has 0 radical (unpaired) electrons. The van der Waals surface area contributed by atoms with E-state index in [-0.39, 0.29) is 6.04 Å². The van der Waals surface area contributed by atoms with Crippen molar-refractivity contribution in [1.29, 1.82) is 5.26 Å². The first kappa shape index (κ1) is 14.3. The lowest BCUT2D eigenvalue weighted by atomic mass is 10.1. The van der Waals surface area contributed by atoms with Gasteiger partial charge in [0.05, 0.1) is 24.5 Å². The van der Waals surface area contributed by atoms with Gasteiger partial charge in [-0.1, -0.05) is 15.9 Å². The van der Waals surface area contributed by atoms with Crippen molar-refractivity contribution in [3.8, 4) is 6.07 Å². The SMILES string of the molecule is CC(CC1COCCN1)Nc1ccc(Br)cc1C#N. The average Bonchev–Trinajstić information content (AvgIpc) is 2.42. The van der Waals surface area contributed by atoms with Crippen LogP contribution >= 0.6 is 15.9 Å². The summed E-state index contributed by atoms with van der Waals surface area (Å²) < 4.78 is 6.37. The Morgan fingerprint density at radius 1 is 1.63 bits per heavy atom. The molecule has 1 saturated heterocycles. The second-order valence-corrected chi connectivity index (χ2v) is 5.72. The van der Waals surface area contributed by atoms with Crippen molar-refractivity contribution in [1.82, 2.24) is 5.32 Å². The van der Waals surface area contributed by atoms with Gasteiger partial charge in [-0.05, 0) is 31.5 Å². The van der Waals surface area contributed by atoms with Crippen LogP contribution in [0, 0.1) is 11.3 Å². The van der Waals surface area contributed by atoms with Gasteiger partial charge in [0.25, 0.3) is 0 Å². The van der Waals surface area contributed by atoms with Crippen molar-refractivity contribution in [2.24, 2.45) is 0 Å². The van der Waals surface area contributed by atoms with Crippen LogP contribution in [0.1, 0.15) is 18.9 Å². The second kappa shape index (κ2) is 6.90. The predicted octanol–water partition coefficient (Wildman–Crippen LogP) is 2.50. The summed E-state index contributed by atoms with van der Waals surface area (Å²) in [7, 11) is 0. The van der Waals surface area contributed by atoms with E-state index in [0.717, 1.165) is 36.3 Å². The van der Waals surface area contributed by atoms with Crippen LogP contribution in [0.4, 0.5) is 5.69 Å². The highest BCUT2D eigenvalue weighted by molar-refractivity contribution is 9.10. The van der Waals surface area contributed by atoms with Gasteiger partial charge in [0.1, 0.15) is 6.07 Å². The number of halogens is 1. The molecule has 1 aliphatic heterocycles. The van der Waals surface area contributed by atoms with Gasteiger partial charge in [-0.15, -0.1) is 0 Å². The highest BCUT2D eigenvalue weighted by Crippen LogP contribution is 2.21. The first-order valence-corrected chi connectivity index (χ1v) is 7.25. The molecule has 2 unspecified atom stereocenters. The van der Waals surface area contributed by atoms with Crippen LogP contribution in [0.15, 0.2) is 22.7 Å². The van der Waals surface area contributed by atoms with E-state index in [2.05, 4.69) is 39.6 Å². The fraction of sp³-hybridized carbons (Fsp3) is 0.500. The molecule has 5 heteroatoms. The Hall–Kier alpha value is -1.09. The van der Waals surface area contributed by atoms with Crippen molar-refractivity contribution in [2.75, 3.05) is 25.1 Å². The van der Waals surface area contributed by atoms with E-state index >= 15 is 0 Å². The maximum absolute atomic E-state index is 9.13. The van der Waals surface area contributed by atoms with E-state index in [1.54, 1.807) is 0 Å². The minimum absolute atomic E-state index is 0.285. The van der Waals surface area contributed by atoms with Crippen LogP contribution in [0.5, 0.6) is 0 Å². The van der Waals surface area contributed by atoms with Gasteiger partial charge in [0.15, 0.2) is 0 Å². The van der Waals surface area contributed by atoms with Gasteiger partial charge < -0.3 is 15.4 Å². The third-order valence-corrected chi connectivity index (χ3v) is 3.63. The summed E-state index contributed by atoms with van der Waals surface area (Å²) in [5, 5.41) is 16.0. The summed E-state index contributed by atoms with van der Waals surface area (Å²) in [6, 6.07) is 8.59. The van der Waals surface area contributed by atoms with E-state index in [1.807, 2.05) is 18.2 Å². The molecule has 1 fully saturated rings. The number of ether oxygens (including phenoxy) is 1. The minimum atomic E-state index is 0.285. The van der Waals surface area contributed by atoms with E-state index in [9.17, 15) is 0 Å². The fourth-order valence-electron chi connectivity index (χ4n) is 2.26. The van der Waals surface area contributed by atoms with Crippen molar-refractivity contribution >= 4 is 21.6 Å². The molecule has 19 heavy (non-hydrogen) atoms. The smallest absolute Gasteiger partial charge is 0.101 e. The summed E-state index contributed by atoms with van der Waals surface area (Å²) in [6.07, 6.45) is 0.973. The van der Waals surface area contributed by atoms with Gasteiger partial charge in [0, 0.05) is 23.1 Å². The third-order valence-electron chi connectivity index (χ3n) is 3.14. The largest absolute Gasteiger partial charge is 0.381 e. The molecular formula is C14H18BrN3O. The molecule has 1 aromatic rings. The van der Waals surface area contributed by atoms with Crippen LogP contribution in [-0.2, 0) is 4.74 Å². The van der Waals surface area contributed by atoms with E-state index < -0.39 is 0 Å². The molecule has 0 spiro atoms.